The first-order chi connectivity index (χ1) is 13.6. The van der Waals surface area contributed by atoms with E-state index in [2.05, 4.69) is 19.4 Å². The Morgan fingerprint density at radius 3 is 2.69 bits per heavy atom. The number of rotatable bonds is 6. The molecule has 11 heteroatoms. The van der Waals surface area contributed by atoms with Crippen LogP contribution in [0.25, 0.3) is 22.3 Å². The zero-order valence-electron chi connectivity index (χ0n) is 15.5. The summed E-state index contributed by atoms with van der Waals surface area (Å²) in [5, 5.41) is 3.95. The third kappa shape index (κ3) is 3.88. The lowest BCUT2D eigenvalue weighted by molar-refractivity contribution is -0.159. The molecule has 1 N–H and O–H groups in total. The quantitative estimate of drug-likeness (QED) is 0.649. The first-order valence-corrected chi connectivity index (χ1v) is 10.7. The predicted octanol–water partition coefficient (Wildman–Crippen LogP) is 3.49. The Morgan fingerprint density at radius 1 is 1.31 bits per heavy atom. The van der Waals surface area contributed by atoms with Gasteiger partial charge in [0.1, 0.15) is 0 Å². The van der Waals surface area contributed by atoms with E-state index in [1.807, 2.05) is 17.7 Å². The van der Waals surface area contributed by atoms with Crippen molar-refractivity contribution in [2.45, 2.75) is 44.2 Å². The van der Waals surface area contributed by atoms with E-state index in [1.54, 1.807) is 18.2 Å². The topological polar surface area (TPSA) is 90.0 Å². The van der Waals surface area contributed by atoms with Gasteiger partial charge in [0.25, 0.3) is 0 Å². The van der Waals surface area contributed by atoms with Crippen molar-refractivity contribution in [2.24, 2.45) is 0 Å². The Balaban J connectivity index is 1.53. The molecule has 1 aromatic carbocycles. The van der Waals surface area contributed by atoms with Crippen LogP contribution in [0.4, 0.5) is 13.2 Å². The molecule has 0 amide bonds. The minimum absolute atomic E-state index is 0.139. The first-order valence-electron chi connectivity index (χ1n) is 9.14. The molecule has 156 valence electrons. The standard InChI is InChI=1S/C18H19F3N4O3S/c1-11-10-25(8-7-22-29(26,27)13-3-2-4-13)15-6-5-12(9-14(11)15)16-23-17(28-24-16)18(19,20)21/h5-6,9-10,13,22H,2-4,7-8H2,1H3. The fourth-order valence-electron chi connectivity index (χ4n) is 3.36. The van der Waals surface area contributed by atoms with Crippen LogP contribution in [0.1, 0.15) is 30.7 Å². The zero-order chi connectivity index (χ0) is 20.8. The molecule has 0 spiro atoms. The zero-order valence-corrected chi connectivity index (χ0v) is 16.3. The lowest BCUT2D eigenvalue weighted by Crippen LogP contribution is -2.39. The van der Waals surface area contributed by atoms with Crippen LogP contribution in [0.5, 0.6) is 0 Å². The SMILES string of the molecule is Cc1cn(CCNS(=O)(=O)C2CCC2)c2ccc(-c3noc(C(F)(F)F)n3)cc12. The number of aromatic nitrogens is 3. The average Bonchev–Trinajstić information content (AvgIpc) is 3.18. The predicted molar refractivity (Wildman–Crippen MR) is 99.5 cm³/mol. The second-order valence-electron chi connectivity index (χ2n) is 7.15. The van der Waals surface area contributed by atoms with Gasteiger partial charge in [0.15, 0.2) is 0 Å². The average molecular weight is 428 g/mol. The van der Waals surface area contributed by atoms with Gasteiger partial charge in [-0.1, -0.05) is 11.6 Å². The van der Waals surface area contributed by atoms with Crippen LogP contribution in [0.2, 0.25) is 0 Å². The van der Waals surface area contributed by atoms with Gasteiger partial charge in [-0.15, -0.1) is 0 Å². The van der Waals surface area contributed by atoms with Gasteiger partial charge in [-0.3, -0.25) is 0 Å². The van der Waals surface area contributed by atoms with Crippen LogP contribution < -0.4 is 4.72 Å². The second-order valence-corrected chi connectivity index (χ2v) is 9.20. The van der Waals surface area contributed by atoms with E-state index < -0.39 is 22.1 Å². The molecule has 0 atom stereocenters. The molecule has 1 saturated carbocycles. The molecule has 2 aromatic heterocycles. The third-order valence-corrected chi connectivity index (χ3v) is 7.11. The molecule has 2 heterocycles. The Hall–Kier alpha value is -2.40. The monoisotopic (exact) mass is 428 g/mol. The highest BCUT2D eigenvalue weighted by Gasteiger charge is 2.38. The van der Waals surface area contributed by atoms with Crippen molar-refractivity contribution in [3.63, 3.8) is 0 Å². The van der Waals surface area contributed by atoms with Crippen LogP contribution in [0.3, 0.4) is 0 Å². The summed E-state index contributed by atoms with van der Waals surface area (Å²) in [7, 11) is -3.27. The van der Waals surface area contributed by atoms with Crippen LogP contribution >= 0.6 is 0 Å². The van der Waals surface area contributed by atoms with E-state index in [1.165, 1.54) is 0 Å². The van der Waals surface area contributed by atoms with Crippen molar-refractivity contribution in [2.75, 3.05) is 6.54 Å². The Kier molecular flexibility index (Phi) is 4.89. The van der Waals surface area contributed by atoms with Crippen molar-refractivity contribution in [3.05, 3.63) is 35.9 Å². The molecule has 4 rings (SSSR count). The summed E-state index contributed by atoms with van der Waals surface area (Å²) >= 11 is 0. The number of nitrogens with zero attached hydrogens (tertiary/aromatic N) is 3. The van der Waals surface area contributed by atoms with E-state index >= 15 is 0 Å². The summed E-state index contributed by atoms with van der Waals surface area (Å²) in [6.07, 6.45) is -0.462. The maximum Gasteiger partial charge on any atom is 0.471 e. The van der Waals surface area contributed by atoms with Gasteiger partial charge in [0.2, 0.25) is 15.8 Å². The highest BCUT2D eigenvalue weighted by molar-refractivity contribution is 7.90. The maximum absolute atomic E-state index is 12.7. The fourth-order valence-corrected chi connectivity index (χ4v) is 4.93. The van der Waals surface area contributed by atoms with Gasteiger partial charge in [-0.05, 0) is 43.5 Å². The molecule has 3 aromatic rings. The normalized spacial score (nSPS) is 15.7. The van der Waals surface area contributed by atoms with Crippen LogP contribution in [0.15, 0.2) is 28.9 Å². The van der Waals surface area contributed by atoms with Crippen molar-refractivity contribution in [1.29, 1.82) is 0 Å². The summed E-state index contributed by atoms with van der Waals surface area (Å²) in [6, 6.07) is 5.06. The minimum Gasteiger partial charge on any atom is -0.346 e. The molecular weight excluding hydrogens is 409 g/mol. The van der Waals surface area contributed by atoms with Gasteiger partial charge >= 0.3 is 12.1 Å². The molecule has 29 heavy (non-hydrogen) atoms. The van der Waals surface area contributed by atoms with E-state index in [4.69, 9.17) is 0 Å². The molecule has 0 unspecified atom stereocenters. The summed E-state index contributed by atoms with van der Waals surface area (Å²) < 4.78 is 71.1. The first kappa shape index (κ1) is 19.9. The highest BCUT2D eigenvalue weighted by Crippen LogP contribution is 2.31. The van der Waals surface area contributed by atoms with Crippen molar-refractivity contribution in [1.82, 2.24) is 19.4 Å². The number of alkyl halides is 3. The molecular formula is C18H19F3N4O3S. The summed E-state index contributed by atoms with van der Waals surface area (Å²) in [5.41, 5.74) is 2.15. The van der Waals surface area contributed by atoms with E-state index in [0.717, 1.165) is 22.9 Å². The molecule has 0 radical (unpaired) electrons. The van der Waals surface area contributed by atoms with E-state index in [9.17, 15) is 21.6 Å². The van der Waals surface area contributed by atoms with E-state index in [-0.39, 0.29) is 17.6 Å². The molecule has 1 aliphatic carbocycles. The summed E-state index contributed by atoms with van der Waals surface area (Å²) in [6.45, 7) is 2.58. The lowest BCUT2D eigenvalue weighted by atomic mass is 10.0. The van der Waals surface area contributed by atoms with Gasteiger partial charge < -0.3 is 9.09 Å². The van der Waals surface area contributed by atoms with Gasteiger partial charge in [-0.2, -0.15) is 18.2 Å². The third-order valence-electron chi connectivity index (χ3n) is 5.15. The number of benzene rings is 1. The summed E-state index contributed by atoms with van der Waals surface area (Å²) in [5.74, 6) is -1.53. The van der Waals surface area contributed by atoms with Gasteiger partial charge in [0.05, 0.1) is 5.25 Å². The molecule has 0 bridgehead atoms. The number of fused-ring (bicyclic) bond motifs is 1. The Bertz CT molecular complexity index is 1150. The van der Waals surface area contributed by atoms with Crippen LogP contribution in [-0.4, -0.2) is 34.9 Å². The number of nitrogens with one attached hydrogen (secondary N) is 1. The molecule has 1 fully saturated rings. The smallest absolute Gasteiger partial charge is 0.346 e. The van der Waals surface area contributed by atoms with Crippen LogP contribution in [0, 0.1) is 6.92 Å². The molecule has 7 nitrogen and oxygen atoms in total. The molecule has 0 saturated heterocycles. The number of sulfonamides is 1. The Labute approximate surface area is 164 Å². The number of halogens is 3. The van der Waals surface area contributed by atoms with E-state index in [0.29, 0.717) is 24.9 Å². The van der Waals surface area contributed by atoms with Crippen molar-refractivity contribution in [3.8, 4) is 11.4 Å². The minimum atomic E-state index is -4.69. The largest absolute Gasteiger partial charge is 0.471 e. The highest BCUT2D eigenvalue weighted by atomic mass is 32.2. The fraction of sp³-hybridized carbons (Fsp3) is 0.444. The summed E-state index contributed by atoms with van der Waals surface area (Å²) in [4.78, 5) is 3.42. The Morgan fingerprint density at radius 2 is 2.07 bits per heavy atom. The number of aryl methyl sites for hydroxylation is 1. The number of hydrogen-bond acceptors (Lipinski definition) is 5. The number of hydrogen-bond donors (Lipinski definition) is 1. The maximum atomic E-state index is 12.7. The van der Waals surface area contributed by atoms with Gasteiger partial charge in [0, 0.05) is 35.8 Å². The molecule has 1 aliphatic rings. The second kappa shape index (κ2) is 7.13. The van der Waals surface area contributed by atoms with Crippen molar-refractivity contribution >= 4 is 20.9 Å². The van der Waals surface area contributed by atoms with Gasteiger partial charge in [-0.25, -0.2) is 13.1 Å². The van der Waals surface area contributed by atoms with Crippen LogP contribution in [-0.2, 0) is 22.7 Å². The lowest BCUT2D eigenvalue weighted by Gasteiger charge is -2.25. The van der Waals surface area contributed by atoms with Crippen molar-refractivity contribution < 1.29 is 26.1 Å². The molecule has 0 aliphatic heterocycles.